The molecule has 1 heterocycles. The summed E-state index contributed by atoms with van der Waals surface area (Å²) in [6.45, 7) is 1.56. The number of nitrogens with one attached hydrogen (secondary N) is 1. The third-order valence-corrected chi connectivity index (χ3v) is 5.07. The number of aromatic nitrogens is 1. The Balaban J connectivity index is 1.65. The van der Waals surface area contributed by atoms with E-state index in [9.17, 15) is 0 Å². The van der Waals surface area contributed by atoms with Gasteiger partial charge < -0.3 is 5.32 Å². The van der Waals surface area contributed by atoms with Crippen molar-refractivity contribution in [3.8, 4) is 10.4 Å². The Kier molecular flexibility index (Phi) is 5.11. The predicted molar refractivity (Wildman–Crippen MR) is 94.6 cm³/mol. The second-order valence-electron chi connectivity index (χ2n) is 4.81. The minimum atomic E-state index is 0.566. The van der Waals surface area contributed by atoms with Gasteiger partial charge in [-0.2, -0.15) is 0 Å². The summed E-state index contributed by atoms with van der Waals surface area (Å²) < 4.78 is 0. The van der Waals surface area contributed by atoms with Crippen LogP contribution in [-0.4, -0.2) is 4.98 Å². The molecular weight excluding hydrogens is 335 g/mol. The molecule has 3 rings (SSSR count). The van der Waals surface area contributed by atoms with Crippen LogP contribution >= 0.6 is 34.5 Å². The van der Waals surface area contributed by atoms with Gasteiger partial charge in [0, 0.05) is 24.8 Å². The van der Waals surface area contributed by atoms with Crippen LogP contribution < -0.4 is 5.32 Å². The number of benzene rings is 2. The molecule has 0 spiro atoms. The first-order chi connectivity index (χ1) is 10.7. The third kappa shape index (κ3) is 3.68. The van der Waals surface area contributed by atoms with Crippen LogP contribution in [0.2, 0.25) is 10.0 Å². The molecule has 1 N–H and O–H groups in total. The maximum Gasteiger partial charge on any atom is 0.107 e. The first kappa shape index (κ1) is 15.5. The molecule has 0 aliphatic rings. The van der Waals surface area contributed by atoms with E-state index in [4.69, 9.17) is 23.2 Å². The first-order valence-electron chi connectivity index (χ1n) is 6.88. The van der Waals surface area contributed by atoms with Gasteiger partial charge in [-0.15, -0.1) is 11.3 Å². The van der Waals surface area contributed by atoms with E-state index in [2.05, 4.69) is 22.4 Å². The molecule has 112 valence electrons. The lowest BCUT2D eigenvalue weighted by atomic mass is 10.2. The summed E-state index contributed by atoms with van der Waals surface area (Å²) >= 11 is 13.9. The maximum absolute atomic E-state index is 6.25. The highest BCUT2D eigenvalue weighted by atomic mass is 35.5. The normalized spacial score (nSPS) is 10.8. The SMILES string of the molecule is Clc1cccc(-c2cnc(CNCc3ccccc3)s2)c1Cl. The minimum Gasteiger partial charge on any atom is -0.306 e. The fraction of sp³-hybridized carbons (Fsp3) is 0.118. The van der Waals surface area contributed by atoms with Gasteiger partial charge in [0.25, 0.3) is 0 Å². The lowest BCUT2D eigenvalue weighted by Gasteiger charge is -2.03. The van der Waals surface area contributed by atoms with Gasteiger partial charge in [-0.25, -0.2) is 4.98 Å². The van der Waals surface area contributed by atoms with Gasteiger partial charge >= 0.3 is 0 Å². The van der Waals surface area contributed by atoms with Gasteiger partial charge in [-0.1, -0.05) is 65.7 Å². The second-order valence-corrected chi connectivity index (χ2v) is 6.71. The summed E-state index contributed by atoms with van der Waals surface area (Å²) in [6, 6.07) is 16.0. The van der Waals surface area contributed by atoms with Gasteiger partial charge in [0.2, 0.25) is 0 Å². The monoisotopic (exact) mass is 348 g/mol. The van der Waals surface area contributed by atoms with Crippen LogP contribution in [0.25, 0.3) is 10.4 Å². The third-order valence-electron chi connectivity index (χ3n) is 3.22. The van der Waals surface area contributed by atoms with E-state index in [1.54, 1.807) is 17.4 Å². The molecule has 3 aromatic rings. The zero-order valence-corrected chi connectivity index (χ0v) is 14.1. The molecule has 1 aromatic heterocycles. The first-order valence-corrected chi connectivity index (χ1v) is 8.45. The Hall–Kier alpha value is -1.39. The largest absolute Gasteiger partial charge is 0.306 e. The average Bonchev–Trinajstić information content (AvgIpc) is 3.00. The fourth-order valence-electron chi connectivity index (χ4n) is 2.12. The van der Waals surface area contributed by atoms with E-state index in [-0.39, 0.29) is 0 Å². The molecule has 0 unspecified atom stereocenters. The van der Waals surface area contributed by atoms with Gasteiger partial charge in [0.1, 0.15) is 5.01 Å². The molecule has 2 aromatic carbocycles. The summed E-state index contributed by atoms with van der Waals surface area (Å²) in [6.07, 6.45) is 1.85. The molecule has 0 atom stereocenters. The van der Waals surface area contributed by atoms with Crippen molar-refractivity contribution in [3.63, 3.8) is 0 Å². The number of halogens is 2. The van der Waals surface area contributed by atoms with E-state index in [1.807, 2.05) is 36.5 Å². The van der Waals surface area contributed by atoms with E-state index < -0.39 is 0 Å². The molecule has 5 heteroatoms. The Morgan fingerprint density at radius 3 is 2.59 bits per heavy atom. The lowest BCUT2D eigenvalue weighted by molar-refractivity contribution is 0.690. The summed E-state index contributed by atoms with van der Waals surface area (Å²) in [7, 11) is 0. The molecule has 0 saturated heterocycles. The van der Waals surface area contributed by atoms with Crippen molar-refractivity contribution >= 4 is 34.5 Å². The van der Waals surface area contributed by atoms with Crippen LogP contribution in [0.1, 0.15) is 10.6 Å². The number of hydrogen-bond acceptors (Lipinski definition) is 3. The summed E-state index contributed by atoms with van der Waals surface area (Å²) in [5.41, 5.74) is 2.19. The average molecular weight is 349 g/mol. The van der Waals surface area contributed by atoms with Crippen molar-refractivity contribution in [2.24, 2.45) is 0 Å². The van der Waals surface area contributed by atoms with Gasteiger partial charge in [-0.3, -0.25) is 0 Å². The number of nitrogens with zero attached hydrogens (tertiary/aromatic N) is 1. The lowest BCUT2D eigenvalue weighted by Crippen LogP contribution is -2.12. The van der Waals surface area contributed by atoms with Crippen LogP contribution in [0, 0.1) is 0 Å². The minimum absolute atomic E-state index is 0.566. The predicted octanol–water partition coefficient (Wildman–Crippen LogP) is 5.41. The molecule has 0 amide bonds. The Morgan fingerprint density at radius 1 is 0.955 bits per heavy atom. The van der Waals surface area contributed by atoms with Crippen molar-refractivity contribution in [2.45, 2.75) is 13.1 Å². The van der Waals surface area contributed by atoms with Crippen molar-refractivity contribution in [2.75, 3.05) is 0 Å². The van der Waals surface area contributed by atoms with E-state index in [0.29, 0.717) is 10.0 Å². The van der Waals surface area contributed by atoms with E-state index in [1.165, 1.54) is 5.56 Å². The highest BCUT2D eigenvalue weighted by Gasteiger charge is 2.10. The van der Waals surface area contributed by atoms with Gasteiger partial charge in [-0.05, 0) is 11.6 Å². The quantitative estimate of drug-likeness (QED) is 0.666. The molecule has 0 bridgehead atoms. The Bertz CT molecular complexity index is 756. The second kappa shape index (κ2) is 7.25. The van der Waals surface area contributed by atoms with E-state index in [0.717, 1.165) is 28.5 Å². The zero-order valence-electron chi connectivity index (χ0n) is 11.7. The topological polar surface area (TPSA) is 24.9 Å². The van der Waals surface area contributed by atoms with Crippen molar-refractivity contribution in [3.05, 3.63) is 75.3 Å². The van der Waals surface area contributed by atoms with Crippen molar-refractivity contribution in [1.82, 2.24) is 10.3 Å². The molecular formula is C17H14Cl2N2S. The molecule has 0 radical (unpaired) electrons. The number of hydrogen-bond donors (Lipinski definition) is 1. The van der Waals surface area contributed by atoms with E-state index >= 15 is 0 Å². The Labute approximate surface area is 143 Å². The van der Waals surface area contributed by atoms with Crippen LogP contribution in [0.15, 0.2) is 54.7 Å². The van der Waals surface area contributed by atoms with Crippen molar-refractivity contribution in [1.29, 1.82) is 0 Å². The van der Waals surface area contributed by atoms with Crippen LogP contribution in [0.4, 0.5) is 0 Å². The fourth-order valence-corrected chi connectivity index (χ4v) is 3.50. The number of rotatable bonds is 5. The summed E-state index contributed by atoms with van der Waals surface area (Å²) in [4.78, 5) is 5.48. The zero-order chi connectivity index (χ0) is 15.4. The van der Waals surface area contributed by atoms with Crippen LogP contribution in [-0.2, 0) is 13.1 Å². The highest BCUT2D eigenvalue weighted by molar-refractivity contribution is 7.15. The standard InChI is InChI=1S/C17H14Cl2N2S/c18-14-8-4-7-13(17(14)19)15-10-21-16(22-15)11-20-9-12-5-2-1-3-6-12/h1-8,10,20H,9,11H2. The highest BCUT2D eigenvalue weighted by Crippen LogP contribution is 2.36. The maximum atomic E-state index is 6.25. The summed E-state index contributed by atoms with van der Waals surface area (Å²) in [5.74, 6) is 0. The van der Waals surface area contributed by atoms with Crippen molar-refractivity contribution < 1.29 is 0 Å². The Morgan fingerprint density at radius 2 is 1.77 bits per heavy atom. The summed E-state index contributed by atoms with van der Waals surface area (Å²) in [5, 5.41) is 5.57. The number of thiazole rings is 1. The van der Waals surface area contributed by atoms with Crippen LogP contribution in [0.3, 0.4) is 0 Å². The molecule has 22 heavy (non-hydrogen) atoms. The molecule has 0 aliphatic carbocycles. The smallest absolute Gasteiger partial charge is 0.107 e. The van der Waals surface area contributed by atoms with Crippen LogP contribution in [0.5, 0.6) is 0 Å². The molecule has 2 nitrogen and oxygen atoms in total. The molecule has 0 saturated carbocycles. The van der Waals surface area contributed by atoms with Gasteiger partial charge in [0.05, 0.1) is 14.9 Å². The molecule has 0 aliphatic heterocycles. The van der Waals surface area contributed by atoms with Gasteiger partial charge in [0.15, 0.2) is 0 Å². The molecule has 0 fully saturated rings.